The van der Waals surface area contributed by atoms with Gasteiger partial charge in [-0.2, -0.15) is 0 Å². The molecule has 0 atom stereocenters. The summed E-state index contributed by atoms with van der Waals surface area (Å²) in [6, 6.07) is 1.60. The zero-order valence-corrected chi connectivity index (χ0v) is 10.2. The van der Waals surface area contributed by atoms with Crippen molar-refractivity contribution in [3.63, 3.8) is 0 Å². The van der Waals surface area contributed by atoms with Crippen molar-refractivity contribution in [2.24, 2.45) is 0 Å². The molecule has 2 rings (SSSR count). The zero-order chi connectivity index (χ0) is 11.4. The van der Waals surface area contributed by atoms with Crippen LogP contribution in [0.4, 0.5) is 4.39 Å². The number of halogens is 2. The van der Waals surface area contributed by atoms with Gasteiger partial charge in [0, 0.05) is 18.7 Å². The highest BCUT2D eigenvalue weighted by molar-refractivity contribution is 6.32. The molecule has 1 nitrogen and oxygen atoms in total. The van der Waals surface area contributed by atoms with E-state index < -0.39 is 0 Å². The Kier molecular flexibility index (Phi) is 4.55. The Hall–Kier alpha value is -0.600. The fourth-order valence-electron chi connectivity index (χ4n) is 1.75. The van der Waals surface area contributed by atoms with E-state index in [-0.39, 0.29) is 5.82 Å². The highest BCUT2D eigenvalue weighted by Crippen LogP contribution is 2.30. The fraction of sp³-hybridized carbons (Fsp3) is 0.500. The maximum absolute atomic E-state index is 13.4. The van der Waals surface area contributed by atoms with Gasteiger partial charge in [-0.1, -0.05) is 32.4 Å². The maximum Gasteiger partial charge on any atom is 0.128 e. The number of fused-ring (bicyclic) bond motifs is 1. The summed E-state index contributed by atoms with van der Waals surface area (Å²) in [4.78, 5) is 0. The molecule has 3 heteroatoms. The third kappa shape index (κ3) is 2.32. The number of hydrogen-bond donors (Lipinski definition) is 1. The summed E-state index contributed by atoms with van der Waals surface area (Å²) >= 11 is 6.08. The summed E-state index contributed by atoms with van der Waals surface area (Å²) in [5, 5.41) is 3.77. The second-order valence-electron chi connectivity index (χ2n) is 3.25. The fourth-order valence-corrected chi connectivity index (χ4v) is 2.16. The van der Waals surface area contributed by atoms with Crippen LogP contribution in [0.5, 0.6) is 0 Å². The van der Waals surface area contributed by atoms with Crippen LogP contribution in [0.3, 0.4) is 0 Å². The van der Waals surface area contributed by atoms with Crippen LogP contribution < -0.4 is 5.32 Å². The van der Waals surface area contributed by atoms with Crippen molar-refractivity contribution in [3.05, 3.63) is 33.6 Å². The number of nitrogens with one attached hydrogen (secondary N) is 1. The second kappa shape index (κ2) is 5.47. The normalized spacial score (nSPS) is 13.1. The average molecular weight is 230 g/mol. The monoisotopic (exact) mass is 229 g/mol. The van der Waals surface area contributed by atoms with Crippen LogP contribution in [-0.2, 0) is 19.5 Å². The second-order valence-corrected chi connectivity index (χ2v) is 3.62. The lowest BCUT2D eigenvalue weighted by molar-refractivity contribution is 0.610. The van der Waals surface area contributed by atoms with E-state index in [0.29, 0.717) is 17.0 Å². The van der Waals surface area contributed by atoms with Gasteiger partial charge in [0.05, 0.1) is 5.02 Å². The van der Waals surface area contributed by atoms with Crippen molar-refractivity contribution in [2.45, 2.75) is 40.3 Å². The van der Waals surface area contributed by atoms with Gasteiger partial charge in [-0.15, -0.1) is 0 Å². The minimum atomic E-state index is -0.171. The number of benzene rings is 1. The van der Waals surface area contributed by atoms with E-state index in [4.69, 9.17) is 11.6 Å². The minimum absolute atomic E-state index is 0.171. The minimum Gasteiger partial charge on any atom is -0.309 e. The Balaban J connectivity index is 0.000000531. The maximum atomic E-state index is 13.4. The lowest BCUT2D eigenvalue weighted by Crippen LogP contribution is -2.00. The van der Waals surface area contributed by atoms with E-state index in [2.05, 4.69) is 5.32 Å². The van der Waals surface area contributed by atoms with Crippen molar-refractivity contribution in [2.75, 3.05) is 0 Å². The Morgan fingerprint density at radius 1 is 1.40 bits per heavy atom. The highest BCUT2D eigenvalue weighted by Gasteiger charge is 2.18. The SMILES string of the molecule is CC.CCc1c(F)cc2c(c1Cl)CNC2. The van der Waals surface area contributed by atoms with Gasteiger partial charge >= 0.3 is 0 Å². The predicted octanol–water partition coefficient (Wildman–Crippen LogP) is 3.67. The first-order valence-corrected chi connectivity index (χ1v) is 5.81. The van der Waals surface area contributed by atoms with Gasteiger partial charge < -0.3 is 5.32 Å². The van der Waals surface area contributed by atoms with Crippen molar-refractivity contribution in [3.8, 4) is 0 Å². The molecule has 84 valence electrons. The van der Waals surface area contributed by atoms with Crippen molar-refractivity contribution in [1.29, 1.82) is 0 Å². The molecule has 0 aliphatic carbocycles. The molecule has 0 fully saturated rings. The topological polar surface area (TPSA) is 12.0 Å². The molecule has 0 bridgehead atoms. The summed E-state index contributed by atoms with van der Waals surface area (Å²) in [7, 11) is 0. The molecule has 0 aromatic heterocycles. The molecule has 15 heavy (non-hydrogen) atoms. The Labute approximate surface area is 95.6 Å². The number of hydrogen-bond acceptors (Lipinski definition) is 1. The lowest BCUT2D eigenvalue weighted by Gasteiger charge is -2.07. The third-order valence-electron chi connectivity index (χ3n) is 2.48. The van der Waals surface area contributed by atoms with Gasteiger partial charge in [0.25, 0.3) is 0 Å². The molecule has 0 radical (unpaired) electrons. The van der Waals surface area contributed by atoms with Crippen molar-refractivity contribution < 1.29 is 4.39 Å². The van der Waals surface area contributed by atoms with Crippen LogP contribution in [0.25, 0.3) is 0 Å². The molecule has 0 amide bonds. The van der Waals surface area contributed by atoms with Crippen LogP contribution in [0.15, 0.2) is 6.07 Å². The zero-order valence-electron chi connectivity index (χ0n) is 9.45. The summed E-state index contributed by atoms with van der Waals surface area (Å²) < 4.78 is 13.4. The van der Waals surface area contributed by atoms with Gasteiger partial charge in [0.2, 0.25) is 0 Å². The van der Waals surface area contributed by atoms with E-state index in [9.17, 15) is 4.39 Å². The van der Waals surface area contributed by atoms with E-state index in [0.717, 1.165) is 24.2 Å². The standard InChI is InChI=1S/C10H11ClFN.C2H6/c1-2-7-9(12)3-6-4-13-5-8(6)10(7)11;1-2/h3,13H,2,4-5H2,1H3;1-2H3. The summed E-state index contributed by atoms with van der Waals surface area (Å²) in [5.74, 6) is -0.171. The molecule has 0 saturated carbocycles. The summed E-state index contributed by atoms with van der Waals surface area (Å²) in [5.41, 5.74) is 2.71. The Morgan fingerprint density at radius 2 is 2.07 bits per heavy atom. The van der Waals surface area contributed by atoms with E-state index in [1.54, 1.807) is 6.07 Å². The quantitative estimate of drug-likeness (QED) is 0.775. The smallest absolute Gasteiger partial charge is 0.128 e. The first kappa shape index (κ1) is 12.5. The van der Waals surface area contributed by atoms with Gasteiger partial charge in [-0.25, -0.2) is 4.39 Å². The lowest BCUT2D eigenvalue weighted by atomic mass is 10.0. The van der Waals surface area contributed by atoms with Crippen LogP contribution in [0.2, 0.25) is 5.02 Å². The molecule has 1 aromatic rings. The molecule has 1 aromatic carbocycles. The van der Waals surface area contributed by atoms with Crippen molar-refractivity contribution >= 4 is 11.6 Å². The largest absolute Gasteiger partial charge is 0.309 e. The van der Waals surface area contributed by atoms with Crippen molar-refractivity contribution in [1.82, 2.24) is 5.32 Å². The van der Waals surface area contributed by atoms with Crippen LogP contribution in [0.1, 0.15) is 37.5 Å². The molecule has 0 spiro atoms. The Morgan fingerprint density at radius 3 is 2.67 bits per heavy atom. The Bertz CT molecular complexity index is 346. The van der Waals surface area contributed by atoms with E-state index in [1.807, 2.05) is 20.8 Å². The first-order chi connectivity index (χ1) is 7.24. The van der Waals surface area contributed by atoms with Crippen LogP contribution >= 0.6 is 11.6 Å². The molecule has 1 heterocycles. The molecule has 1 aliphatic heterocycles. The molecular formula is C12H17ClFN. The summed E-state index contributed by atoms with van der Waals surface area (Å²) in [6.45, 7) is 7.41. The van der Waals surface area contributed by atoms with Gasteiger partial charge in [-0.05, 0) is 23.6 Å². The van der Waals surface area contributed by atoms with Gasteiger partial charge in [0.15, 0.2) is 0 Å². The molecule has 1 aliphatic rings. The molecule has 1 N–H and O–H groups in total. The van der Waals surface area contributed by atoms with Crippen LogP contribution in [0, 0.1) is 5.82 Å². The van der Waals surface area contributed by atoms with Gasteiger partial charge in [0.1, 0.15) is 5.82 Å². The summed E-state index contributed by atoms with van der Waals surface area (Å²) in [6.07, 6.45) is 0.651. The molecule has 0 unspecified atom stereocenters. The highest BCUT2D eigenvalue weighted by atomic mass is 35.5. The predicted molar refractivity (Wildman–Crippen MR) is 62.7 cm³/mol. The van der Waals surface area contributed by atoms with E-state index >= 15 is 0 Å². The average Bonchev–Trinajstić information content (AvgIpc) is 2.69. The molecule has 0 saturated heterocycles. The first-order valence-electron chi connectivity index (χ1n) is 5.43. The third-order valence-corrected chi connectivity index (χ3v) is 2.93. The van der Waals surface area contributed by atoms with E-state index in [1.165, 1.54) is 0 Å². The molecular weight excluding hydrogens is 213 g/mol. The van der Waals surface area contributed by atoms with Gasteiger partial charge in [-0.3, -0.25) is 0 Å². The van der Waals surface area contributed by atoms with Crippen LogP contribution in [-0.4, -0.2) is 0 Å². The number of rotatable bonds is 1.